The Bertz CT molecular complexity index is 2520. The summed E-state index contributed by atoms with van der Waals surface area (Å²) in [4.78, 5) is 81.2. The number of likely N-dealkylation sites (tertiary alicyclic amines) is 2. The molecule has 8 rings (SSSR count). The molecule has 2 aliphatic rings. The molecule has 0 aliphatic carbocycles. The first-order valence-electron chi connectivity index (χ1n) is 19.3. The van der Waals surface area contributed by atoms with Crippen LogP contribution in [-0.2, 0) is 19.1 Å². The summed E-state index contributed by atoms with van der Waals surface area (Å²) < 4.78 is 15.9. The van der Waals surface area contributed by atoms with Gasteiger partial charge in [0.05, 0.1) is 42.9 Å². The third kappa shape index (κ3) is 6.84. The Morgan fingerprint density at radius 3 is 1.84 bits per heavy atom. The van der Waals surface area contributed by atoms with Crippen molar-refractivity contribution in [1.82, 2.24) is 50.3 Å². The van der Waals surface area contributed by atoms with Crippen LogP contribution in [0.1, 0.15) is 77.1 Å². The van der Waals surface area contributed by atoms with Gasteiger partial charge in [-0.25, -0.2) is 24.5 Å². The number of oxazole rings is 1. The van der Waals surface area contributed by atoms with Gasteiger partial charge in [0, 0.05) is 24.7 Å². The Morgan fingerprint density at radius 2 is 1.28 bits per heavy atom. The predicted octanol–water partition coefficient (Wildman–Crippen LogP) is 5.88. The molecular weight excluding hydrogens is 733 g/mol. The first kappa shape index (κ1) is 37.7. The molecule has 2 aromatic carbocycles. The Hall–Kier alpha value is -6.26. The van der Waals surface area contributed by atoms with E-state index in [2.05, 4.69) is 20.6 Å². The van der Waals surface area contributed by atoms with Gasteiger partial charge in [0.2, 0.25) is 17.7 Å². The number of pyridine rings is 1. The summed E-state index contributed by atoms with van der Waals surface area (Å²) in [7, 11) is 2.56. The SMILES string of the molecule is COC(=O)N[C@H](C(=O)N1CCC[C@H]1c1nc2ccc3cc(-c4nc5ccc6nc([C@@H]7CCCN7C(=O)[C@@H](NC(=O)OC)C(C)C)[nH]c6c5o4)ncc3c2[nH]1)C(C)C. The van der Waals surface area contributed by atoms with Gasteiger partial charge in [0.1, 0.15) is 40.5 Å². The summed E-state index contributed by atoms with van der Waals surface area (Å²) in [5.41, 5.74) is 4.60. The van der Waals surface area contributed by atoms with Crippen molar-refractivity contribution in [2.45, 2.75) is 77.5 Å². The summed E-state index contributed by atoms with van der Waals surface area (Å²) in [6.07, 6.45) is 3.54. The number of nitrogens with one attached hydrogen (secondary N) is 4. The first-order chi connectivity index (χ1) is 27.4. The Morgan fingerprint density at radius 1 is 0.754 bits per heavy atom. The van der Waals surface area contributed by atoms with E-state index in [1.54, 1.807) is 16.0 Å². The lowest BCUT2D eigenvalue weighted by Crippen LogP contribution is -2.51. The van der Waals surface area contributed by atoms with Crippen LogP contribution in [0.25, 0.3) is 55.5 Å². The van der Waals surface area contributed by atoms with Gasteiger partial charge in [0.25, 0.3) is 0 Å². The minimum atomic E-state index is -0.735. The van der Waals surface area contributed by atoms with Crippen LogP contribution in [0.15, 0.2) is 40.9 Å². The number of benzene rings is 2. The largest absolute Gasteiger partial charge is 0.453 e. The number of imidazole rings is 2. The maximum absolute atomic E-state index is 13.7. The molecule has 298 valence electrons. The quantitative estimate of drug-likeness (QED) is 0.136. The third-order valence-electron chi connectivity index (χ3n) is 11.1. The highest BCUT2D eigenvalue weighted by atomic mass is 16.5. The van der Waals surface area contributed by atoms with E-state index in [4.69, 9.17) is 33.8 Å². The van der Waals surface area contributed by atoms with Crippen LogP contribution in [0.2, 0.25) is 0 Å². The lowest BCUT2D eigenvalue weighted by molar-refractivity contribution is -0.136. The Labute approximate surface area is 327 Å². The smallest absolute Gasteiger partial charge is 0.407 e. The van der Waals surface area contributed by atoms with Gasteiger partial charge >= 0.3 is 12.2 Å². The van der Waals surface area contributed by atoms with Crippen molar-refractivity contribution in [3.8, 4) is 11.6 Å². The fourth-order valence-electron chi connectivity index (χ4n) is 8.13. The van der Waals surface area contributed by atoms with Crippen molar-refractivity contribution in [3.63, 3.8) is 0 Å². The number of methoxy groups -OCH3 is 2. The minimum Gasteiger partial charge on any atom is -0.453 e. The van der Waals surface area contributed by atoms with Crippen molar-refractivity contribution < 1.29 is 33.1 Å². The van der Waals surface area contributed by atoms with Crippen molar-refractivity contribution in [2.24, 2.45) is 11.8 Å². The van der Waals surface area contributed by atoms with Crippen LogP contribution in [0.5, 0.6) is 0 Å². The van der Waals surface area contributed by atoms with E-state index in [-0.39, 0.29) is 35.7 Å². The van der Waals surface area contributed by atoms with Gasteiger partial charge in [0.15, 0.2) is 5.58 Å². The number of carbonyl (C=O) groups is 4. The number of hydrogen-bond acceptors (Lipinski definition) is 11. The molecule has 17 heteroatoms. The molecule has 0 bridgehead atoms. The van der Waals surface area contributed by atoms with E-state index in [0.29, 0.717) is 58.5 Å². The number of aromatic amines is 2. The lowest BCUT2D eigenvalue weighted by Gasteiger charge is -2.29. The van der Waals surface area contributed by atoms with Crippen molar-refractivity contribution in [2.75, 3.05) is 27.3 Å². The molecule has 2 aliphatic heterocycles. The van der Waals surface area contributed by atoms with E-state index in [0.717, 1.165) is 47.5 Å². The highest BCUT2D eigenvalue weighted by Crippen LogP contribution is 2.37. The van der Waals surface area contributed by atoms with Crippen LogP contribution in [-0.4, -0.2) is 103 Å². The molecule has 0 radical (unpaired) electrons. The number of H-pyrrole nitrogens is 2. The van der Waals surface area contributed by atoms with Crippen LogP contribution >= 0.6 is 0 Å². The summed E-state index contributed by atoms with van der Waals surface area (Å²) >= 11 is 0. The van der Waals surface area contributed by atoms with Crippen molar-refractivity contribution >= 4 is 67.9 Å². The third-order valence-corrected chi connectivity index (χ3v) is 11.1. The van der Waals surface area contributed by atoms with E-state index in [1.807, 2.05) is 58.0 Å². The molecular formula is C40H46N10O7. The van der Waals surface area contributed by atoms with Crippen LogP contribution in [0, 0.1) is 11.8 Å². The maximum Gasteiger partial charge on any atom is 0.407 e. The zero-order valence-electron chi connectivity index (χ0n) is 32.7. The number of fused-ring (bicyclic) bond motifs is 6. The molecule has 6 heterocycles. The second kappa shape index (κ2) is 15.0. The first-order valence-corrected chi connectivity index (χ1v) is 19.3. The fraction of sp³-hybridized carbons (Fsp3) is 0.450. The second-order valence-corrected chi connectivity index (χ2v) is 15.4. The molecule has 6 aromatic rings. The molecule has 4 N–H and O–H groups in total. The predicted molar refractivity (Wildman–Crippen MR) is 210 cm³/mol. The van der Waals surface area contributed by atoms with Gasteiger partial charge in [-0.2, -0.15) is 0 Å². The van der Waals surface area contributed by atoms with E-state index < -0.39 is 24.3 Å². The molecule has 4 atom stereocenters. The number of rotatable bonds is 9. The minimum absolute atomic E-state index is 0.135. The number of aromatic nitrogens is 6. The number of nitrogens with zero attached hydrogens (tertiary/aromatic N) is 6. The molecule has 2 fully saturated rings. The average molecular weight is 779 g/mol. The second-order valence-electron chi connectivity index (χ2n) is 15.4. The molecule has 2 saturated heterocycles. The summed E-state index contributed by atoms with van der Waals surface area (Å²) in [6.45, 7) is 8.65. The molecule has 0 spiro atoms. The maximum atomic E-state index is 13.7. The van der Waals surface area contributed by atoms with Crippen molar-refractivity contribution in [1.29, 1.82) is 0 Å². The fourth-order valence-corrected chi connectivity index (χ4v) is 8.13. The van der Waals surface area contributed by atoms with E-state index >= 15 is 0 Å². The topological polar surface area (TPSA) is 214 Å². The van der Waals surface area contributed by atoms with Gasteiger partial charge in [-0.1, -0.05) is 33.8 Å². The molecule has 0 unspecified atom stereocenters. The Balaban J connectivity index is 1.06. The number of alkyl carbamates (subject to hydrolysis) is 2. The van der Waals surface area contributed by atoms with Crippen LogP contribution < -0.4 is 10.6 Å². The zero-order valence-corrected chi connectivity index (χ0v) is 32.7. The van der Waals surface area contributed by atoms with Crippen LogP contribution in [0.3, 0.4) is 0 Å². The highest BCUT2D eigenvalue weighted by Gasteiger charge is 2.39. The summed E-state index contributed by atoms with van der Waals surface area (Å²) in [6, 6.07) is 7.52. The molecule has 4 amide bonds. The molecule has 17 nitrogen and oxygen atoms in total. The summed E-state index contributed by atoms with van der Waals surface area (Å²) in [5.74, 6) is 1.02. The molecule has 0 saturated carbocycles. The molecule has 4 aromatic heterocycles. The highest BCUT2D eigenvalue weighted by molar-refractivity contribution is 6.05. The van der Waals surface area contributed by atoms with Gasteiger partial charge < -0.3 is 44.3 Å². The van der Waals surface area contributed by atoms with Crippen molar-refractivity contribution in [3.05, 3.63) is 48.2 Å². The number of hydrogen-bond donors (Lipinski definition) is 4. The number of amides is 4. The summed E-state index contributed by atoms with van der Waals surface area (Å²) in [5, 5.41) is 7.14. The zero-order chi connectivity index (χ0) is 40.1. The average Bonchev–Trinajstić information content (AvgIpc) is 4.05. The van der Waals surface area contributed by atoms with Gasteiger partial charge in [-0.3, -0.25) is 14.6 Å². The number of carbonyl (C=O) groups excluding carboxylic acids is 4. The van der Waals surface area contributed by atoms with Crippen LogP contribution in [0.4, 0.5) is 9.59 Å². The van der Waals surface area contributed by atoms with Gasteiger partial charge in [-0.15, -0.1) is 0 Å². The normalized spacial score (nSPS) is 18.3. The van der Waals surface area contributed by atoms with E-state index in [9.17, 15) is 19.2 Å². The number of ether oxygens (including phenoxy) is 2. The Kier molecular flexibility index (Phi) is 9.91. The standard InChI is InChI=1S/C40H46N10O7/c1-19(2)29(47-39(53)55-5)37(51)49-15-7-9-27(49)34-42-23-12-11-21-17-26(41-18-22(21)31(23)45-34)36-44-25-14-13-24-32(33(25)57-36)46-35(43-24)28-10-8-16-50(28)38(52)30(20(3)4)48-40(54)56-6/h11-14,17-20,27-30H,7-10,15-16H2,1-6H3,(H,42,45)(H,43,46)(H,47,53)(H,48,54)/t27-,28-,29-,30-/m0/s1. The monoisotopic (exact) mass is 778 g/mol. The molecule has 57 heavy (non-hydrogen) atoms. The van der Waals surface area contributed by atoms with E-state index in [1.165, 1.54) is 14.2 Å². The van der Waals surface area contributed by atoms with Gasteiger partial charge in [-0.05, 0) is 67.2 Å². The lowest BCUT2D eigenvalue weighted by atomic mass is 10.0.